The van der Waals surface area contributed by atoms with Crippen LogP contribution in [0.25, 0.3) is 11.1 Å². The molecule has 32 nitrogen and oxygen atoms in total. The van der Waals surface area contributed by atoms with Crippen molar-refractivity contribution >= 4 is 11.9 Å². The van der Waals surface area contributed by atoms with E-state index in [0.717, 1.165) is 0 Å². The fourth-order valence-electron chi connectivity index (χ4n) is 0.353. The molecule has 1 radical (unpaired) electrons. The van der Waals surface area contributed by atoms with Crippen molar-refractivity contribution in [3.63, 3.8) is 0 Å². The average molecular weight is 583 g/mol. The zero-order valence-electron chi connectivity index (χ0n) is 16.2. The molecule has 0 spiro atoms. The van der Waals surface area contributed by atoms with E-state index in [1.54, 1.807) is 21.9 Å². The second-order valence-corrected chi connectivity index (χ2v) is 2.87. The Morgan fingerprint density at radius 1 is 0.600 bits per heavy atom. The molecule has 0 aromatic carbocycles. The monoisotopic (exact) mass is 583 g/mol. The zero-order valence-corrected chi connectivity index (χ0v) is 17.2. The maximum Gasteiger partial charge on any atom is 2.00 e. The third-order valence-electron chi connectivity index (χ3n) is 0.967. The molecule has 0 saturated carbocycles. The number of nitrogens with two attached hydrogens (primary N) is 4. The van der Waals surface area contributed by atoms with Gasteiger partial charge >= 0.3 is 16.8 Å². The third-order valence-corrected chi connectivity index (χ3v) is 0.967. The number of hydrogen-bond donors (Lipinski definition) is 6. The summed E-state index contributed by atoms with van der Waals surface area (Å²) < 4.78 is 0. The number of nitrogens with one attached hydrogen (secondary N) is 2. The molecule has 0 aliphatic heterocycles. The van der Waals surface area contributed by atoms with E-state index < -0.39 is 42.1 Å². The smallest absolute Gasteiger partial charge is 0.457 e. The van der Waals surface area contributed by atoms with E-state index in [1.807, 2.05) is 0 Å². The molecular formula is C2H20CoN16O16+2. The van der Waals surface area contributed by atoms with Crippen LogP contribution in [0, 0.1) is 60.7 Å². The normalized spacial score (nSPS) is 7.94. The molecule has 0 unspecified atom stereocenters. The van der Waals surface area contributed by atoms with E-state index in [0.29, 0.717) is 0 Å². The molecule has 0 heterocycles. The Hall–Kier alpha value is -5.19. The Balaban J connectivity index is -0.0000000352. The second kappa shape index (κ2) is 36.2. The fraction of sp³-hybridized carbons (Fsp3) is 0. The van der Waals surface area contributed by atoms with Gasteiger partial charge < -0.3 is 33.4 Å². The molecule has 211 valence electrons. The van der Waals surface area contributed by atoms with Crippen LogP contribution < -0.4 is 34.0 Å². The van der Waals surface area contributed by atoms with Crippen molar-refractivity contribution in [2.24, 2.45) is 33.4 Å². The van der Waals surface area contributed by atoms with Gasteiger partial charge in [0.1, 0.15) is 10.2 Å². The van der Waals surface area contributed by atoms with E-state index in [-0.39, 0.29) is 38.7 Å². The van der Waals surface area contributed by atoms with Gasteiger partial charge in [0.15, 0.2) is 10.1 Å². The van der Waals surface area contributed by atoms with Crippen molar-refractivity contribution in [3.05, 3.63) is 71.8 Å². The number of hydrazone groups is 2. The predicted octanol–water partition coefficient (Wildman–Crippen LogP) is -8.10. The molecule has 0 saturated heterocycles. The molecule has 0 aromatic heterocycles. The zero-order chi connectivity index (χ0) is 24.9. The van der Waals surface area contributed by atoms with Gasteiger partial charge in [0, 0.05) is 20.1 Å². The molecule has 0 aromatic rings. The topological polar surface area (TPSA) is 569 Å². The van der Waals surface area contributed by atoms with E-state index >= 15 is 0 Å². The van der Waals surface area contributed by atoms with Crippen LogP contribution in [0.15, 0.2) is 10.2 Å². The summed E-state index contributed by atoms with van der Waals surface area (Å²) in [4.78, 5) is 54.8. The summed E-state index contributed by atoms with van der Waals surface area (Å²) in [6.45, 7) is 0. The number of guanidine groups is 2. The molecule has 33 heteroatoms. The number of rotatable bonds is 6. The van der Waals surface area contributed by atoms with Gasteiger partial charge in [-0.25, -0.2) is 31.9 Å². The van der Waals surface area contributed by atoms with Crippen LogP contribution in [0.4, 0.5) is 0 Å². The van der Waals surface area contributed by atoms with Gasteiger partial charge in [-0.3, -0.25) is 51.3 Å². The molecule has 0 amide bonds. The molecule has 0 rings (SSSR count). The maximum absolute atomic E-state index is 9.41. The largest absolute Gasteiger partial charge is 2.00 e. The number of nitrogens with zero attached hydrogens (tertiary/aromatic N) is 10. The maximum atomic E-state index is 9.41. The van der Waals surface area contributed by atoms with Crippen LogP contribution in [0.3, 0.4) is 0 Å². The molecule has 0 bridgehead atoms. The van der Waals surface area contributed by atoms with Crippen molar-refractivity contribution in [1.29, 1.82) is 0 Å². The van der Waals surface area contributed by atoms with E-state index in [4.69, 9.17) is 51.9 Å². The quantitative estimate of drug-likeness (QED) is 0.0422. The number of hydrazine groups is 2. The van der Waals surface area contributed by atoms with Crippen molar-refractivity contribution < 1.29 is 68.9 Å². The molecule has 0 aliphatic rings. The first-order valence-electron chi connectivity index (χ1n) is 5.49. The molecule has 20 N–H and O–H groups in total. The van der Waals surface area contributed by atoms with Crippen molar-refractivity contribution in [1.82, 2.24) is 10.9 Å². The predicted molar refractivity (Wildman–Crippen MR) is 104 cm³/mol. The first-order valence-corrected chi connectivity index (χ1v) is 5.49. The molecule has 0 fully saturated rings. The third kappa shape index (κ3) is 94.4. The molecule has 0 aliphatic carbocycles. The van der Waals surface area contributed by atoms with Gasteiger partial charge in [0.05, 0.1) is 0 Å². The summed E-state index contributed by atoms with van der Waals surface area (Å²) in [7, 11) is 0. The van der Waals surface area contributed by atoms with E-state index in [9.17, 15) is 20.2 Å². The summed E-state index contributed by atoms with van der Waals surface area (Å²) in [5.41, 5.74) is 16.5. The number of nitro groups is 6. The Kier molecular flexibility index (Phi) is 59.1. The van der Waals surface area contributed by atoms with Crippen molar-refractivity contribution in [3.8, 4) is 0 Å². The SMILES string of the molecule is NN/C(N)=N/[N+](=O)[O-].NN/C(N)=N/[N+](=O)[O-].O.O.O=[N+]([O-])[N-][N+](=O)[O-].O=[N+]([O-])[N-][N+](=O)[O-].[Co+2].[OH3+].[OH3+]. The molecular weight excluding hydrogens is 563 g/mol. The first kappa shape index (κ1) is 57.1. The first-order chi connectivity index (χ1) is 13.6. The summed E-state index contributed by atoms with van der Waals surface area (Å²) in [6, 6.07) is 0. The Morgan fingerprint density at radius 3 is 0.800 bits per heavy atom. The number of hydrogen-bond acceptors (Lipinski definition) is 14. The van der Waals surface area contributed by atoms with Crippen molar-refractivity contribution in [2.75, 3.05) is 0 Å². The van der Waals surface area contributed by atoms with Crippen LogP contribution in [0.1, 0.15) is 0 Å². The summed E-state index contributed by atoms with van der Waals surface area (Å²) in [5, 5.41) is 52.6. The van der Waals surface area contributed by atoms with Crippen LogP contribution in [0.2, 0.25) is 0 Å². The van der Waals surface area contributed by atoms with Crippen LogP contribution in [-0.4, -0.2) is 53.1 Å². The summed E-state index contributed by atoms with van der Waals surface area (Å²) >= 11 is 0. The van der Waals surface area contributed by atoms with Gasteiger partial charge in [-0.05, 0) is 11.1 Å². The minimum absolute atomic E-state index is 0. The summed E-state index contributed by atoms with van der Waals surface area (Å²) in [6.07, 6.45) is 0. The molecule has 35 heavy (non-hydrogen) atoms. The Labute approximate surface area is 197 Å². The second-order valence-electron chi connectivity index (χ2n) is 2.87. The van der Waals surface area contributed by atoms with Gasteiger partial charge in [0.2, 0.25) is 0 Å². The van der Waals surface area contributed by atoms with Crippen LogP contribution in [0.5, 0.6) is 0 Å². The van der Waals surface area contributed by atoms with Gasteiger partial charge in [0.25, 0.3) is 11.9 Å². The van der Waals surface area contributed by atoms with Crippen LogP contribution in [-0.2, 0) is 27.7 Å². The van der Waals surface area contributed by atoms with Gasteiger partial charge in [-0.1, -0.05) is 0 Å². The Bertz CT molecular complexity index is 584. The Morgan fingerprint density at radius 2 is 0.771 bits per heavy atom. The van der Waals surface area contributed by atoms with E-state index in [2.05, 4.69) is 21.9 Å². The van der Waals surface area contributed by atoms with E-state index in [1.165, 1.54) is 0 Å². The fourth-order valence-corrected chi connectivity index (χ4v) is 0.353. The minimum Gasteiger partial charge on any atom is -0.457 e. The van der Waals surface area contributed by atoms with Crippen molar-refractivity contribution in [2.45, 2.75) is 0 Å². The minimum atomic E-state index is -1.38. The summed E-state index contributed by atoms with van der Waals surface area (Å²) in [5.74, 6) is 8.38. The standard InChI is InChI=1S/2CH5N5O2.Co.2N3O4.4H2O/c2*2-1(4-3)5-6(7)8;;2*4-2(5)1-3(6)7;;;;/h2*3H2,(H3,2,4,5);;;;4*1H2/q;;+2;2*-1;;;;/p+2. The van der Waals surface area contributed by atoms with Gasteiger partial charge in [-0.15, -0.1) is 0 Å². The average Bonchev–Trinajstić information content (AvgIpc) is 2.52. The van der Waals surface area contributed by atoms with Gasteiger partial charge in [-0.2, -0.15) is 0 Å². The van der Waals surface area contributed by atoms with Crippen LogP contribution >= 0.6 is 0 Å². The molecule has 0 atom stereocenters.